The molecule has 3 saturated heterocycles. The lowest BCUT2D eigenvalue weighted by molar-refractivity contribution is -0.297. The van der Waals surface area contributed by atoms with E-state index < -0.39 is 65.7 Å². The molecule has 4 rings (SSSR count). The molecule has 0 spiro atoms. The largest absolute Gasteiger partial charge is 0.458 e. The van der Waals surface area contributed by atoms with Crippen LogP contribution in [0.5, 0.6) is 0 Å². The topological polar surface area (TPSA) is 148 Å². The number of alkyl carbamates (subject to hydrolysis) is 1. The Balaban J connectivity index is 1.69. The average Bonchev–Trinajstić information content (AvgIpc) is 3.81. The summed E-state index contributed by atoms with van der Waals surface area (Å²) in [4.78, 5) is 44.7. The number of ether oxygens (including phenoxy) is 5. The highest BCUT2D eigenvalue weighted by Crippen LogP contribution is 2.38. The molecule has 4 aliphatic rings. The Hall–Kier alpha value is -1.87. The van der Waals surface area contributed by atoms with E-state index in [1.54, 1.807) is 27.9 Å². The summed E-state index contributed by atoms with van der Waals surface area (Å²) in [5.41, 5.74) is -2.16. The van der Waals surface area contributed by atoms with Gasteiger partial charge in [0.25, 0.3) is 0 Å². The third-order valence-electron chi connectivity index (χ3n) is 11.4. The van der Waals surface area contributed by atoms with E-state index in [1.165, 1.54) is 0 Å². The van der Waals surface area contributed by atoms with Crippen LogP contribution in [0.25, 0.3) is 0 Å². The van der Waals surface area contributed by atoms with Gasteiger partial charge >= 0.3 is 12.1 Å². The van der Waals surface area contributed by atoms with Crippen LogP contribution < -0.4 is 10.6 Å². The number of aliphatic hydroxyl groups is 1. The Morgan fingerprint density at radius 2 is 1.79 bits per heavy atom. The van der Waals surface area contributed by atoms with Gasteiger partial charge < -0.3 is 49.2 Å². The number of aliphatic hydroxyl groups excluding tert-OH is 1. The Morgan fingerprint density at radius 3 is 2.38 bits per heavy atom. The standard InChI is InChI=1S/C35H62N4O9/c1-12-26-35(7)29(37-33(43)48-35)22(5)39(10)18-19(2)16-34(6,44-11)30(20(3)27(40)21(4)31(42)46-26)47-32-28(41)25(38(8)9)15-24(45-32)17-36-23-13-14-23/h19-26,28-30,32,36,41H,12-18H2,1-11H3,(H,37,43)/t19-,20+,21-,22-,24?,25?,26-,28?,29-,30-,32+,34-,35-/m1/s1. The van der Waals surface area contributed by atoms with Crippen LogP contribution in [-0.4, -0.2) is 140 Å². The molecule has 13 heteroatoms. The number of carbonyl (C=O) groups is 3. The minimum atomic E-state index is -1.15. The summed E-state index contributed by atoms with van der Waals surface area (Å²) in [6.45, 7) is 14.2. The lowest BCUT2D eigenvalue weighted by Gasteiger charge is -2.47. The second-order valence-electron chi connectivity index (χ2n) is 15.6. The van der Waals surface area contributed by atoms with Crippen molar-refractivity contribution in [3.8, 4) is 0 Å². The number of ketones is 1. The summed E-state index contributed by atoms with van der Waals surface area (Å²) >= 11 is 0. The smallest absolute Gasteiger partial charge is 0.408 e. The maximum atomic E-state index is 14.2. The number of fused-ring (bicyclic) bond motifs is 1. The molecule has 0 aromatic rings. The number of nitrogens with zero attached hydrogens (tertiary/aromatic N) is 2. The molecule has 1 aliphatic carbocycles. The number of methoxy groups -OCH3 is 1. The van der Waals surface area contributed by atoms with Gasteiger partial charge in [-0.25, -0.2) is 4.79 Å². The summed E-state index contributed by atoms with van der Waals surface area (Å²) in [6.07, 6.45) is -0.645. The highest BCUT2D eigenvalue weighted by Gasteiger charge is 2.56. The van der Waals surface area contributed by atoms with Crippen LogP contribution in [0.3, 0.4) is 0 Å². The molecule has 48 heavy (non-hydrogen) atoms. The predicted molar refractivity (Wildman–Crippen MR) is 179 cm³/mol. The predicted octanol–water partition coefficient (Wildman–Crippen LogP) is 2.33. The van der Waals surface area contributed by atoms with Crippen molar-refractivity contribution in [2.75, 3.05) is 41.3 Å². The van der Waals surface area contributed by atoms with E-state index in [0.29, 0.717) is 38.4 Å². The average molecular weight is 683 g/mol. The second-order valence-corrected chi connectivity index (χ2v) is 15.6. The molecule has 1 amide bonds. The summed E-state index contributed by atoms with van der Waals surface area (Å²) in [7, 11) is 7.45. The van der Waals surface area contributed by atoms with Gasteiger partial charge in [-0.1, -0.05) is 20.8 Å². The number of esters is 1. The van der Waals surface area contributed by atoms with Crippen molar-refractivity contribution >= 4 is 17.8 Å². The van der Waals surface area contributed by atoms with E-state index in [-0.39, 0.29) is 29.9 Å². The lowest BCUT2D eigenvalue weighted by atomic mass is 9.78. The van der Waals surface area contributed by atoms with Gasteiger partial charge in [0.05, 0.1) is 23.9 Å². The maximum absolute atomic E-state index is 14.2. The van der Waals surface area contributed by atoms with Gasteiger partial charge in [-0.15, -0.1) is 0 Å². The minimum absolute atomic E-state index is 0.0460. The minimum Gasteiger partial charge on any atom is -0.458 e. The van der Waals surface area contributed by atoms with Crippen LogP contribution in [0.2, 0.25) is 0 Å². The highest BCUT2D eigenvalue weighted by atomic mass is 16.7. The Kier molecular flexibility index (Phi) is 12.6. The van der Waals surface area contributed by atoms with Crippen LogP contribution in [0.1, 0.15) is 80.6 Å². The van der Waals surface area contributed by atoms with Crippen molar-refractivity contribution in [1.29, 1.82) is 0 Å². The van der Waals surface area contributed by atoms with Crippen molar-refractivity contribution < 1.29 is 43.2 Å². The lowest BCUT2D eigenvalue weighted by Crippen LogP contribution is -2.60. The number of likely N-dealkylation sites (N-methyl/N-ethyl adjacent to an activating group) is 2. The first-order chi connectivity index (χ1) is 22.4. The molecule has 13 nitrogen and oxygen atoms in total. The van der Waals surface area contributed by atoms with Crippen LogP contribution in [0.4, 0.5) is 4.79 Å². The van der Waals surface area contributed by atoms with Gasteiger partial charge in [-0.05, 0) is 86.9 Å². The molecule has 3 aliphatic heterocycles. The molecule has 3 heterocycles. The molecule has 0 radical (unpaired) electrons. The SMILES string of the molecule is CC[C@H]1OC(=O)[C@H](C)C(=O)[C@H](C)[C@@H](O[C@@H]2OC(CNC3CC3)CC(N(C)C)C2O)[C@](C)(OC)C[C@@H](C)CN(C)[C@H](C)[C@H]2NC(=O)O[C@@]21C. The van der Waals surface area contributed by atoms with Gasteiger partial charge in [0.1, 0.15) is 18.1 Å². The fraction of sp³-hybridized carbons (Fsp3) is 0.914. The number of cyclic esters (lactones) is 1. The summed E-state index contributed by atoms with van der Waals surface area (Å²) in [5, 5.41) is 18.1. The molecule has 3 unspecified atom stereocenters. The number of rotatable bonds is 8. The van der Waals surface area contributed by atoms with E-state index in [4.69, 9.17) is 23.7 Å². The number of Topliss-reactive ketones (excluding diaryl/α,β-unsaturated/α-hetero) is 1. The Labute approximate surface area is 287 Å². The molecular formula is C35H62N4O9. The third kappa shape index (κ3) is 8.35. The first-order valence-corrected chi connectivity index (χ1v) is 17.8. The molecule has 4 fully saturated rings. The van der Waals surface area contributed by atoms with Crippen molar-refractivity contribution in [3.63, 3.8) is 0 Å². The van der Waals surface area contributed by atoms with E-state index in [1.807, 2.05) is 46.8 Å². The Bertz CT molecular complexity index is 1140. The first-order valence-electron chi connectivity index (χ1n) is 17.8. The van der Waals surface area contributed by atoms with Crippen LogP contribution in [0, 0.1) is 17.8 Å². The van der Waals surface area contributed by atoms with Crippen molar-refractivity contribution in [2.45, 2.75) is 147 Å². The molecule has 13 atom stereocenters. The van der Waals surface area contributed by atoms with Crippen LogP contribution in [-0.2, 0) is 33.3 Å². The summed E-state index contributed by atoms with van der Waals surface area (Å²) < 4.78 is 31.3. The zero-order valence-corrected chi connectivity index (χ0v) is 31.0. The molecule has 0 aromatic heterocycles. The maximum Gasteiger partial charge on any atom is 0.408 e. The van der Waals surface area contributed by atoms with Crippen molar-refractivity contribution in [1.82, 2.24) is 20.4 Å². The van der Waals surface area contributed by atoms with Crippen molar-refractivity contribution in [3.05, 3.63) is 0 Å². The van der Waals surface area contributed by atoms with E-state index in [0.717, 1.165) is 12.8 Å². The first kappa shape index (κ1) is 38.9. The van der Waals surface area contributed by atoms with E-state index >= 15 is 0 Å². The normalized spacial score (nSPS) is 43.9. The van der Waals surface area contributed by atoms with Gasteiger partial charge in [0.2, 0.25) is 0 Å². The second kappa shape index (κ2) is 15.6. The highest BCUT2D eigenvalue weighted by molar-refractivity contribution is 6.00. The van der Waals surface area contributed by atoms with Crippen molar-refractivity contribution in [2.24, 2.45) is 17.8 Å². The molecule has 276 valence electrons. The summed E-state index contributed by atoms with van der Waals surface area (Å²) in [5.74, 6) is -3.00. The number of carbonyl (C=O) groups excluding carboxylic acids is 3. The number of amides is 1. The number of nitrogens with one attached hydrogen (secondary N) is 2. The molecule has 1 saturated carbocycles. The van der Waals surface area contributed by atoms with Gasteiger partial charge in [-0.3, -0.25) is 9.59 Å². The molecule has 0 aromatic carbocycles. The monoisotopic (exact) mass is 682 g/mol. The van der Waals surface area contributed by atoms with Gasteiger partial charge in [0.15, 0.2) is 17.7 Å². The van der Waals surface area contributed by atoms with Crippen LogP contribution >= 0.6 is 0 Å². The fourth-order valence-electron chi connectivity index (χ4n) is 8.12. The van der Waals surface area contributed by atoms with E-state index in [9.17, 15) is 19.5 Å². The van der Waals surface area contributed by atoms with Crippen LogP contribution in [0.15, 0.2) is 0 Å². The molecule has 3 N–H and O–H groups in total. The Morgan fingerprint density at radius 1 is 1.12 bits per heavy atom. The molecular weight excluding hydrogens is 620 g/mol. The van der Waals surface area contributed by atoms with Gasteiger partial charge in [-0.2, -0.15) is 0 Å². The molecule has 0 bridgehead atoms. The van der Waals surface area contributed by atoms with Gasteiger partial charge in [0, 0.05) is 44.2 Å². The fourth-order valence-corrected chi connectivity index (χ4v) is 8.12. The zero-order chi connectivity index (χ0) is 35.7. The zero-order valence-electron chi connectivity index (χ0n) is 31.0. The third-order valence-corrected chi connectivity index (χ3v) is 11.4. The summed E-state index contributed by atoms with van der Waals surface area (Å²) in [6, 6.07) is -0.390. The van der Waals surface area contributed by atoms with E-state index in [2.05, 4.69) is 22.5 Å². The number of hydrogen-bond donors (Lipinski definition) is 3. The number of hydrogen-bond acceptors (Lipinski definition) is 12. The quantitative estimate of drug-likeness (QED) is 0.255.